The fourth-order valence-electron chi connectivity index (χ4n) is 3.92. The number of nitrogens with one attached hydrogen (secondary N) is 2. The first kappa shape index (κ1) is 16.1. The molecule has 4 N–H and O–H groups in total. The highest BCUT2D eigenvalue weighted by atomic mass is 15.1. The van der Waals surface area contributed by atoms with E-state index in [4.69, 9.17) is 10.7 Å². The molecule has 1 aliphatic rings. The molecule has 27 heavy (non-hydrogen) atoms. The molecular weight excluding hydrogens is 338 g/mol. The van der Waals surface area contributed by atoms with Crippen molar-refractivity contribution in [2.24, 2.45) is 5.73 Å². The number of fused-ring (bicyclic) bond motifs is 2. The van der Waals surface area contributed by atoms with E-state index in [1.54, 1.807) is 12.4 Å². The second-order valence-electron chi connectivity index (χ2n) is 7.14. The predicted molar refractivity (Wildman–Crippen MR) is 106 cm³/mol. The molecule has 0 spiro atoms. The standard InChI is InChI=1S/C20H21N7/c21-16-3-1-2-4-17(16)26-20-25-8-12-7-23-9-15(19(12)27-20)14-10-24-18-11-22-6-5-13(14)18/h5-11,16-17,24H,1-4,21H2,(H,25,26,27)/t16-,17+/m0/s1. The molecule has 4 aromatic rings. The van der Waals surface area contributed by atoms with Gasteiger partial charge >= 0.3 is 0 Å². The number of nitrogens with two attached hydrogens (primary N) is 1. The number of pyridine rings is 2. The molecule has 4 heterocycles. The SMILES string of the molecule is N[C@H]1CCCC[C@H]1Nc1ncc2cncc(-c3c[nH]c4cnccc34)c2n1. The van der Waals surface area contributed by atoms with Crippen LogP contribution in [0.1, 0.15) is 25.7 Å². The molecule has 1 aliphatic carbocycles. The molecule has 4 aromatic heterocycles. The Morgan fingerprint density at radius 2 is 1.96 bits per heavy atom. The van der Waals surface area contributed by atoms with Crippen LogP contribution in [0.5, 0.6) is 0 Å². The van der Waals surface area contributed by atoms with Gasteiger partial charge in [0.1, 0.15) is 0 Å². The minimum absolute atomic E-state index is 0.149. The lowest BCUT2D eigenvalue weighted by atomic mass is 9.91. The molecule has 0 amide bonds. The molecule has 7 heteroatoms. The number of anilines is 1. The third-order valence-corrected chi connectivity index (χ3v) is 5.40. The zero-order valence-electron chi connectivity index (χ0n) is 14.9. The van der Waals surface area contributed by atoms with Crippen LogP contribution >= 0.6 is 0 Å². The van der Waals surface area contributed by atoms with Crippen LogP contribution in [0.4, 0.5) is 5.95 Å². The Kier molecular flexibility index (Phi) is 3.94. The topological polar surface area (TPSA) is 105 Å². The first-order valence-corrected chi connectivity index (χ1v) is 9.34. The average molecular weight is 359 g/mol. The molecule has 0 aromatic carbocycles. The van der Waals surface area contributed by atoms with Crippen molar-refractivity contribution in [1.82, 2.24) is 24.9 Å². The van der Waals surface area contributed by atoms with Crippen molar-refractivity contribution in [3.63, 3.8) is 0 Å². The molecule has 7 nitrogen and oxygen atoms in total. The lowest BCUT2D eigenvalue weighted by molar-refractivity contribution is 0.402. The van der Waals surface area contributed by atoms with Crippen molar-refractivity contribution in [3.05, 3.63) is 43.2 Å². The summed E-state index contributed by atoms with van der Waals surface area (Å²) in [7, 11) is 0. The average Bonchev–Trinajstić information content (AvgIpc) is 3.13. The zero-order chi connectivity index (χ0) is 18.2. The van der Waals surface area contributed by atoms with Crippen molar-refractivity contribution in [1.29, 1.82) is 0 Å². The third-order valence-electron chi connectivity index (χ3n) is 5.40. The number of aromatic amines is 1. The molecule has 0 saturated heterocycles. The van der Waals surface area contributed by atoms with E-state index in [9.17, 15) is 0 Å². The van der Waals surface area contributed by atoms with Gasteiger partial charge in [-0.05, 0) is 18.9 Å². The van der Waals surface area contributed by atoms with Crippen molar-refractivity contribution < 1.29 is 0 Å². The summed E-state index contributed by atoms with van der Waals surface area (Å²) in [6.45, 7) is 0. The van der Waals surface area contributed by atoms with Gasteiger partial charge in [0.2, 0.25) is 5.95 Å². The van der Waals surface area contributed by atoms with E-state index in [0.717, 1.165) is 45.8 Å². The Bertz CT molecular complexity index is 1100. The van der Waals surface area contributed by atoms with Gasteiger partial charge in [0.25, 0.3) is 0 Å². The molecule has 2 atom stereocenters. The molecular formula is C20H21N7. The minimum atomic E-state index is 0.149. The maximum absolute atomic E-state index is 6.27. The van der Waals surface area contributed by atoms with E-state index < -0.39 is 0 Å². The van der Waals surface area contributed by atoms with Crippen LogP contribution in [-0.2, 0) is 0 Å². The van der Waals surface area contributed by atoms with E-state index in [1.807, 2.05) is 30.9 Å². The summed E-state index contributed by atoms with van der Waals surface area (Å²) in [4.78, 5) is 21.1. The number of hydrogen-bond acceptors (Lipinski definition) is 6. The van der Waals surface area contributed by atoms with E-state index in [-0.39, 0.29) is 12.1 Å². The van der Waals surface area contributed by atoms with Crippen LogP contribution < -0.4 is 11.1 Å². The summed E-state index contributed by atoms with van der Waals surface area (Å²) in [6.07, 6.45) is 15.6. The highest BCUT2D eigenvalue weighted by Crippen LogP contribution is 2.32. The molecule has 136 valence electrons. The molecule has 0 aliphatic heterocycles. The van der Waals surface area contributed by atoms with Crippen LogP contribution in [-0.4, -0.2) is 37.0 Å². The van der Waals surface area contributed by atoms with Gasteiger partial charge in [0.05, 0.1) is 17.2 Å². The summed E-state index contributed by atoms with van der Waals surface area (Å²) >= 11 is 0. The van der Waals surface area contributed by atoms with E-state index >= 15 is 0 Å². The van der Waals surface area contributed by atoms with Crippen molar-refractivity contribution in [2.75, 3.05) is 5.32 Å². The maximum Gasteiger partial charge on any atom is 0.223 e. The van der Waals surface area contributed by atoms with Gasteiger partial charge in [-0.2, -0.15) is 0 Å². The summed E-state index contributed by atoms with van der Waals surface area (Å²) in [5.74, 6) is 0.624. The number of rotatable bonds is 3. The molecule has 5 rings (SSSR count). The normalized spacial score (nSPS) is 20.2. The zero-order valence-corrected chi connectivity index (χ0v) is 14.9. The summed E-state index contributed by atoms with van der Waals surface area (Å²) < 4.78 is 0. The van der Waals surface area contributed by atoms with Crippen LogP contribution in [0, 0.1) is 0 Å². The van der Waals surface area contributed by atoms with Gasteiger partial charge in [-0.3, -0.25) is 9.97 Å². The van der Waals surface area contributed by atoms with Crippen molar-refractivity contribution in [3.8, 4) is 11.1 Å². The van der Waals surface area contributed by atoms with Gasteiger partial charge in [0, 0.05) is 65.0 Å². The quantitative estimate of drug-likeness (QED) is 0.518. The van der Waals surface area contributed by atoms with Crippen LogP contribution in [0.2, 0.25) is 0 Å². The van der Waals surface area contributed by atoms with E-state index in [2.05, 4.69) is 25.3 Å². The number of aromatic nitrogens is 5. The fourth-order valence-corrected chi connectivity index (χ4v) is 3.92. The first-order valence-electron chi connectivity index (χ1n) is 9.34. The summed E-state index contributed by atoms with van der Waals surface area (Å²) in [5, 5.41) is 5.46. The van der Waals surface area contributed by atoms with Crippen molar-refractivity contribution >= 4 is 27.8 Å². The van der Waals surface area contributed by atoms with Crippen molar-refractivity contribution in [2.45, 2.75) is 37.8 Å². The van der Waals surface area contributed by atoms with Gasteiger partial charge in [0.15, 0.2) is 0 Å². The van der Waals surface area contributed by atoms with Gasteiger partial charge in [-0.15, -0.1) is 0 Å². The van der Waals surface area contributed by atoms with Gasteiger partial charge in [-0.1, -0.05) is 12.8 Å². The number of hydrogen-bond donors (Lipinski definition) is 3. The molecule has 1 saturated carbocycles. The Morgan fingerprint density at radius 3 is 2.89 bits per heavy atom. The van der Waals surface area contributed by atoms with Crippen LogP contribution in [0.25, 0.3) is 32.9 Å². The monoisotopic (exact) mass is 359 g/mol. The third kappa shape index (κ3) is 2.90. The second-order valence-corrected chi connectivity index (χ2v) is 7.14. The second kappa shape index (κ2) is 6.59. The Morgan fingerprint density at radius 1 is 1.04 bits per heavy atom. The summed E-state index contributed by atoms with van der Waals surface area (Å²) in [5.41, 5.74) is 10.2. The highest BCUT2D eigenvalue weighted by Gasteiger charge is 2.22. The lowest BCUT2D eigenvalue weighted by Gasteiger charge is -2.29. The largest absolute Gasteiger partial charge is 0.359 e. The number of H-pyrrole nitrogens is 1. The summed E-state index contributed by atoms with van der Waals surface area (Å²) in [6, 6.07) is 2.37. The fraction of sp³-hybridized carbons (Fsp3) is 0.300. The van der Waals surface area contributed by atoms with E-state index in [1.165, 1.54) is 12.8 Å². The number of nitrogens with zero attached hydrogens (tertiary/aromatic N) is 4. The Labute approximate surface area is 156 Å². The van der Waals surface area contributed by atoms with Gasteiger partial charge < -0.3 is 16.0 Å². The smallest absolute Gasteiger partial charge is 0.223 e. The highest BCUT2D eigenvalue weighted by molar-refractivity contribution is 6.02. The maximum atomic E-state index is 6.27. The van der Waals surface area contributed by atoms with Gasteiger partial charge in [-0.25, -0.2) is 9.97 Å². The predicted octanol–water partition coefficient (Wildman–Crippen LogP) is 3.25. The van der Waals surface area contributed by atoms with Crippen LogP contribution in [0.15, 0.2) is 43.2 Å². The first-order chi connectivity index (χ1) is 13.3. The lowest BCUT2D eigenvalue weighted by Crippen LogP contribution is -2.42. The molecule has 0 unspecified atom stereocenters. The Hall–Kier alpha value is -3.06. The van der Waals surface area contributed by atoms with Crippen LogP contribution in [0.3, 0.4) is 0 Å². The minimum Gasteiger partial charge on any atom is -0.359 e. The Balaban J connectivity index is 1.59. The molecule has 1 fully saturated rings. The molecule has 0 radical (unpaired) electrons. The van der Waals surface area contributed by atoms with E-state index in [0.29, 0.717) is 5.95 Å². The molecule has 0 bridgehead atoms.